The van der Waals surface area contributed by atoms with E-state index in [0.717, 1.165) is 23.3 Å². The SMILES string of the molecule is Cc1cc(C(=O)NC2CC2)sc1C#CCO. The molecule has 1 aromatic heterocycles. The van der Waals surface area contributed by atoms with E-state index in [-0.39, 0.29) is 12.5 Å². The summed E-state index contributed by atoms with van der Waals surface area (Å²) in [7, 11) is 0. The summed E-state index contributed by atoms with van der Waals surface area (Å²) in [5.74, 6) is 5.43. The maximum Gasteiger partial charge on any atom is 0.261 e. The molecule has 1 fully saturated rings. The Morgan fingerprint density at radius 2 is 2.44 bits per heavy atom. The maximum atomic E-state index is 11.7. The summed E-state index contributed by atoms with van der Waals surface area (Å²) in [6.07, 6.45) is 2.18. The second-order valence-electron chi connectivity index (χ2n) is 3.83. The molecule has 0 aliphatic heterocycles. The van der Waals surface area contributed by atoms with Gasteiger partial charge >= 0.3 is 0 Å². The van der Waals surface area contributed by atoms with Crippen LogP contribution in [0, 0.1) is 18.8 Å². The number of amides is 1. The predicted molar refractivity (Wildman–Crippen MR) is 63.5 cm³/mol. The molecule has 0 saturated heterocycles. The lowest BCUT2D eigenvalue weighted by atomic mass is 10.2. The highest BCUT2D eigenvalue weighted by Gasteiger charge is 2.24. The van der Waals surface area contributed by atoms with Gasteiger partial charge in [-0.05, 0) is 31.4 Å². The molecule has 2 N–H and O–H groups in total. The first-order valence-electron chi connectivity index (χ1n) is 5.21. The van der Waals surface area contributed by atoms with Crippen molar-refractivity contribution in [1.82, 2.24) is 5.32 Å². The molecule has 3 nitrogen and oxygen atoms in total. The number of carbonyl (C=O) groups excluding carboxylic acids is 1. The second kappa shape index (κ2) is 4.69. The molecular weight excluding hydrogens is 222 g/mol. The third kappa shape index (κ3) is 2.63. The van der Waals surface area contributed by atoms with Crippen LogP contribution in [0.2, 0.25) is 0 Å². The first kappa shape index (κ1) is 11.2. The van der Waals surface area contributed by atoms with Crippen molar-refractivity contribution in [1.29, 1.82) is 0 Å². The van der Waals surface area contributed by atoms with E-state index in [9.17, 15) is 4.79 Å². The van der Waals surface area contributed by atoms with Gasteiger partial charge in [0.25, 0.3) is 5.91 Å². The first-order valence-corrected chi connectivity index (χ1v) is 6.03. The molecule has 16 heavy (non-hydrogen) atoms. The Bertz CT molecular complexity index is 463. The van der Waals surface area contributed by atoms with Gasteiger partial charge in [-0.2, -0.15) is 0 Å². The number of rotatable bonds is 2. The van der Waals surface area contributed by atoms with Gasteiger partial charge in [0, 0.05) is 6.04 Å². The van der Waals surface area contributed by atoms with Gasteiger partial charge < -0.3 is 10.4 Å². The molecule has 2 rings (SSSR count). The number of nitrogens with one attached hydrogen (secondary N) is 1. The van der Waals surface area contributed by atoms with E-state index >= 15 is 0 Å². The smallest absolute Gasteiger partial charge is 0.261 e. The number of hydrogen-bond donors (Lipinski definition) is 2. The lowest BCUT2D eigenvalue weighted by Crippen LogP contribution is -2.24. The summed E-state index contributed by atoms with van der Waals surface area (Å²) in [5.41, 5.74) is 0.992. The van der Waals surface area contributed by atoms with Crippen LogP contribution in [0.1, 0.15) is 33.0 Å². The van der Waals surface area contributed by atoms with Gasteiger partial charge in [0.15, 0.2) is 0 Å². The number of carbonyl (C=O) groups is 1. The monoisotopic (exact) mass is 235 g/mol. The van der Waals surface area contributed by atoms with Crippen molar-refractivity contribution in [2.24, 2.45) is 0 Å². The van der Waals surface area contributed by atoms with Crippen LogP contribution in [-0.2, 0) is 0 Å². The van der Waals surface area contributed by atoms with Crippen LogP contribution in [0.25, 0.3) is 0 Å². The van der Waals surface area contributed by atoms with Gasteiger partial charge in [-0.3, -0.25) is 4.79 Å². The molecule has 1 heterocycles. The number of aliphatic hydroxyl groups excluding tert-OH is 1. The van der Waals surface area contributed by atoms with Crippen molar-refractivity contribution in [2.45, 2.75) is 25.8 Å². The van der Waals surface area contributed by atoms with Gasteiger partial charge in [-0.25, -0.2) is 0 Å². The van der Waals surface area contributed by atoms with Crippen LogP contribution in [0.4, 0.5) is 0 Å². The van der Waals surface area contributed by atoms with Gasteiger partial charge in [0.05, 0.1) is 9.75 Å². The molecule has 0 bridgehead atoms. The van der Waals surface area contributed by atoms with Crippen molar-refractivity contribution in [3.05, 3.63) is 21.4 Å². The Hall–Kier alpha value is -1.31. The molecule has 1 aromatic rings. The summed E-state index contributed by atoms with van der Waals surface area (Å²) in [6, 6.07) is 2.23. The topological polar surface area (TPSA) is 49.3 Å². The summed E-state index contributed by atoms with van der Waals surface area (Å²) in [5, 5.41) is 11.6. The molecule has 4 heteroatoms. The molecule has 1 aliphatic rings. The predicted octanol–water partition coefficient (Wildman–Crippen LogP) is 1.29. The minimum Gasteiger partial charge on any atom is -0.384 e. The fourth-order valence-corrected chi connectivity index (χ4v) is 2.27. The summed E-state index contributed by atoms with van der Waals surface area (Å²) >= 11 is 1.38. The van der Waals surface area contributed by atoms with E-state index < -0.39 is 0 Å². The Morgan fingerprint density at radius 1 is 1.69 bits per heavy atom. The highest BCUT2D eigenvalue weighted by atomic mass is 32.1. The second-order valence-corrected chi connectivity index (χ2v) is 4.88. The Balaban J connectivity index is 2.12. The molecule has 0 aromatic carbocycles. The molecule has 1 aliphatic carbocycles. The molecule has 0 spiro atoms. The lowest BCUT2D eigenvalue weighted by Gasteiger charge is -1.98. The van der Waals surface area contributed by atoms with E-state index in [4.69, 9.17) is 5.11 Å². The summed E-state index contributed by atoms with van der Waals surface area (Å²) in [4.78, 5) is 13.3. The van der Waals surface area contributed by atoms with Gasteiger partial charge in [-0.15, -0.1) is 11.3 Å². The number of aryl methyl sites for hydroxylation is 1. The van der Waals surface area contributed by atoms with Crippen molar-refractivity contribution in [3.8, 4) is 11.8 Å². The van der Waals surface area contributed by atoms with Crippen molar-refractivity contribution >= 4 is 17.2 Å². The van der Waals surface area contributed by atoms with Crippen LogP contribution in [-0.4, -0.2) is 23.7 Å². The highest BCUT2D eigenvalue weighted by Crippen LogP contribution is 2.23. The van der Waals surface area contributed by atoms with Crippen LogP contribution < -0.4 is 5.32 Å². The average Bonchev–Trinajstić information content (AvgIpc) is 2.98. The zero-order valence-electron chi connectivity index (χ0n) is 9.04. The Kier molecular flexibility index (Phi) is 3.28. The minimum absolute atomic E-state index is 0.00681. The third-order valence-electron chi connectivity index (χ3n) is 2.34. The largest absolute Gasteiger partial charge is 0.384 e. The van der Waals surface area contributed by atoms with Gasteiger partial charge in [0.2, 0.25) is 0 Å². The number of thiophene rings is 1. The quantitative estimate of drug-likeness (QED) is 0.759. The Morgan fingerprint density at radius 3 is 3.06 bits per heavy atom. The zero-order chi connectivity index (χ0) is 11.5. The van der Waals surface area contributed by atoms with Gasteiger partial charge in [-0.1, -0.05) is 11.8 Å². The van der Waals surface area contributed by atoms with E-state index in [1.54, 1.807) is 0 Å². The van der Waals surface area contributed by atoms with Crippen molar-refractivity contribution in [2.75, 3.05) is 6.61 Å². The number of hydrogen-bond acceptors (Lipinski definition) is 3. The molecule has 1 amide bonds. The first-order chi connectivity index (χ1) is 7.70. The highest BCUT2D eigenvalue weighted by molar-refractivity contribution is 7.14. The molecule has 0 atom stereocenters. The van der Waals surface area contributed by atoms with Crippen molar-refractivity contribution in [3.63, 3.8) is 0 Å². The maximum absolute atomic E-state index is 11.7. The molecule has 84 valence electrons. The summed E-state index contributed by atoms with van der Waals surface area (Å²) < 4.78 is 0. The standard InChI is InChI=1S/C12H13NO2S/c1-8-7-11(12(15)13-9-4-5-9)16-10(8)3-2-6-14/h7,9,14H,4-6H2,1H3,(H,13,15). The van der Waals surface area contributed by atoms with E-state index in [1.807, 2.05) is 13.0 Å². The van der Waals surface area contributed by atoms with Crippen LogP contribution in [0.3, 0.4) is 0 Å². The fourth-order valence-electron chi connectivity index (χ4n) is 1.32. The normalized spacial score (nSPS) is 14.1. The third-order valence-corrected chi connectivity index (χ3v) is 3.49. The van der Waals surface area contributed by atoms with Gasteiger partial charge in [0.1, 0.15) is 6.61 Å². The van der Waals surface area contributed by atoms with E-state index in [2.05, 4.69) is 17.2 Å². The molecule has 0 radical (unpaired) electrons. The van der Waals surface area contributed by atoms with Crippen LogP contribution in [0.15, 0.2) is 6.07 Å². The number of aliphatic hydroxyl groups is 1. The summed E-state index contributed by atoms with van der Waals surface area (Å²) in [6.45, 7) is 1.77. The van der Waals surface area contributed by atoms with Crippen molar-refractivity contribution < 1.29 is 9.90 Å². The molecular formula is C12H13NO2S. The fraction of sp³-hybridized carbons (Fsp3) is 0.417. The van der Waals surface area contributed by atoms with E-state index in [0.29, 0.717) is 10.9 Å². The zero-order valence-corrected chi connectivity index (χ0v) is 9.86. The molecule has 1 saturated carbocycles. The van der Waals surface area contributed by atoms with Crippen LogP contribution in [0.5, 0.6) is 0 Å². The minimum atomic E-state index is -0.152. The average molecular weight is 235 g/mol. The Labute approximate surface area is 98.5 Å². The van der Waals surface area contributed by atoms with Crippen LogP contribution >= 0.6 is 11.3 Å². The van der Waals surface area contributed by atoms with E-state index in [1.165, 1.54) is 11.3 Å². The molecule has 0 unspecified atom stereocenters. The lowest BCUT2D eigenvalue weighted by molar-refractivity contribution is 0.0955.